The lowest BCUT2D eigenvalue weighted by Gasteiger charge is -2.12. The van der Waals surface area contributed by atoms with Crippen LogP contribution in [0.3, 0.4) is 0 Å². The molecule has 166 valence electrons. The number of thiocarbonyl (C=S) groups is 1. The van der Waals surface area contributed by atoms with Crippen LogP contribution in [0.5, 0.6) is 11.5 Å². The molecule has 0 atom stereocenters. The molecule has 0 bridgehead atoms. The van der Waals surface area contributed by atoms with Crippen LogP contribution in [0.15, 0.2) is 78.9 Å². The lowest BCUT2D eigenvalue weighted by atomic mass is 10.2. The predicted octanol–water partition coefficient (Wildman–Crippen LogP) is 5.47. The summed E-state index contributed by atoms with van der Waals surface area (Å²) in [6.07, 6.45) is 0.798. The second kappa shape index (κ2) is 11.9. The van der Waals surface area contributed by atoms with Crippen molar-refractivity contribution >= 4 is 28.9 Å². The van der Waals surface area contributed by atoms with Gasteiger partial charge in [-0.3, -0.25) is 10.1 Å². The second-order valence-electron chi connectivity index (χ2n) is 7.75. The van der Waals surface area contributed by atoms with Gasteiger partial charge in [0.2, 0.25) is 0 Å². The molecule has 0 spiro atoms. The van der Waals surface area contributed by atoms with Crippen molar-refractivity contribution in [2.45, 2.75) is 20.3 Å². The third kappa shape index (κ3) is 7.71. The average molecular weight is 449 g/mol. The van der Waals surface area contributed by atoms with Gasteiger partial charge in [0.05, 0.1) is 13.2 Å². The van der Waals surface area contributed by atoms with Gasteiger partial charge in [-0.05, 0) is 66.2 Å². The maximum atomic E-state index is 12.6. The van der Waals surface area contributed by atoms with Crippen LogP contribution >= 0.6 is 12.2 Å². The van der Waals surface area contributed by atoms with Gasteiger partial charge in [0.25, 0.3) is 5.91 Å². The van der Waals surface area contributed by atoms with Crippen LogP contribution in [-0.2, 0) is 6.42 Å². The molecule has 5 nitrogen and oxygen atoms in total. The van der Waals surface area contributed by atoms with E-state index in [2.05, 4.69) is 36.6 Å². The van der Waals surface area contributed by atoms with Crippen LogP contribution in [0.2, 0.25) is 0 Å². The van der Waals surface area contributed by atoms with Crippen molar-refractivity contribution in [2.75, 3.05) is 18.5 Å². The van der Waals surface area contributed by atoms with Gasteiger partial charge in [-0.25, -0.2) is 0 Å². The number of benzene rings is 3. The molecule has 3 rings (SSSR count). The summed E-state index contributed by atoms with van der Waals surface area (Å²) in [6.45, 7) is 5.40. The van der Waals surface area contributed by atoms with Crippen molar-refractivity contribution < 1.29 is 14.3 Å². The first kappa shape index (κ1) is 23.3. The molecule has 0 aliphatic heterocycles. The van der Waals surface area contributed by atoms with Gasteiger partial charge in [0.15, 0.2) is 5.11 Å². The van der Waals surface area contributed by atoms with Crippen LogP contribution < -0.4 is 20.1 Å². The zero-order chi connectivity index (χ0) is 22.8. The third-order valence-electron chi connectivity index (χ3n) is 4.52. The van der Waals surface area contributed by atoms with Crippen molar-refractivity contribution in [1.29, 1.82) is 0 Å². The SMILES string of the molecule is CC(C)COc1ccc(NC(=S)NC(=O)c2cccc(OCCc3ccccc3)c2)cc1. The summed E-state index contributed by atoms with van der Waals surface area (Å²) in [5.41, 5.74) is 2.45. The summed E-state index contributed by atoms with van der Waals surface area (Å²) >= 11 is 5.28. The molecular weight excluding hydrogens is 420 g/mol. The molecule has 2 N–H and O–H groups in total. The van der Waals surface area contributed by atoms with Crippen molar-refractivity contribution in [2.24, 2.45) is 5.92 Å². The standard InChI is InChI=1S/C26H28N2O3S/c1-19(2)18-31-23-13-11-22(12-14-23)27-26(32)28-25(29)21-9-6-10-24(17-21)30-16-15-20-7-4-3-5-8-20/h3-14,17,19H,15-16,18H2,1-2H3,(H2,27,28,29,32). The van der Waals surface area contributed by atoms with E-state index < -0.39 is 0 Å². The Morgan fingerprint density at radius 1 is 0.906 bits per heavy atom. The Balaban J connectivity index is 1.48. The minimum atomic E-state index is -0.298. The molecule has 0 saturated heterocycles. The molecule has 0 unspecified atom stereocenters. The zero-order valence-corrected chi connectivity index (χ0v) is 19.2. The number of carbonyl (C=O) groups excluding carboxylic acids is 1. The van der Waals surface area contributed by atoms with E-state index in [1.54, 1.807) is 18.2 Å². The Kier molecular flexibility index (Phi) is 8.63. The lowest BCUT2D eigenvalue weighted by Crippen LogP contribution is -2.34. The first-order valence-electron chi connectivity index (χ1n) is 10.6. The van der Waals surface area contributed by atoms with Crippen LogP contribution in [0.1, 0.15) is 29.8 Å². The Labute approximate surface area is 194 Å². The highest BCUT2D eigenvalue weighted by atomic mass is 32.1. The fraction of sp³-hybridized carbons (Fsp3) is 0.231. The highest BCUT2D eigenvalue weighted by Crippen LogP contribution is 2.17. The van der Waals surface area contributed by atoms with Crippen molar-refractivity contribution in [3.05, 3.63) is 90.0 Å². The van der Waals surface area contributed by atoms with E-state index in [0.29, 0.717) is 30.4 Å². The summed E-state index contributed by atoms with van der Waals surface area (Å²) in [6, 6.07) is 24.6. The summed E-state index contributed by atoms with van der Waals surface area (Å²) in [5.74, 6) is 1.60. The van der Waals surface area contributed by atoms with Gasteiger partial charge in [0.1, 0.15) is 11.5 Å². The van der Waals surface area contributed by atoms with Crippen LogP contribution in [0.25, 0.3) is 0 Å². The Morgan fingerprint density at radius 3 is 2.38 bits per heavy atom. The van der Waals surface area contributed by atoms with E-state index in [-0.39, 0.29) is 11.0 Å². The summed E-state index contributed by atoms with van der Waals surface area (Å²) in [7, 11) is 0. The molecule has 3 aromatic carbocycles. The number of anilines is 1. The van der Waals surface area contributed by atoms with E-state index in [4.69, 9.17) is 21.7 Å². The topological polar surface area (TPSA) is 59.6 Å². The molecule has 0 saturated carbocycles. The molecule has 0 aliphatic carbocycles. The Morgan fingerprint density at radius 2 is 1.66 bits per heavy atom. The minimum absolute atomic E-state index is 0.223. The average Bonchev–Trinajstić information content (AvgIpc) is 2.79. The molecule has 0 aliphatic rings. The minimum Gasteiger partial charge on any atom is -0.493 e. The molecule has 32 heavy (non-hydrogen) atoms. The fourth-order valence-corrected chi connectivity index (χ4v) is 3.10. The number of rotatable bonds is 9. The smallest absolute Gasteiger partial charge is 0.257 e. The van der Waals surface area contributed by atoms with E-state index in [9.17, 15) is 4.79 Å². The Bertz CT molecular complexity index is 1020. The van der Waals surface area contributed by atoms with Crippen molar-refractivity contribution in [3.8, 4) is 11.5 Å². The number of hydrogen-bond donors (Lipinski definition) is 2. The molecule has 0 heterocycles. The second-order valence-corrected chi connectivity index (χ2v) is 8.16. The maximum absolute atomic E-state index is 12.6. The van der Waals surface area contributed by atoms with Gasteiger partial charge in [0, 0.05) is 17.7 Å². The summed E-state index contributed by atoms with van der Waals surface area (Å²) < 4.78 is 11.5. The van der Waals surface area contributed by atoms with Gasteiger partial charge in [-0.2, -0.15) is 0 Å². The van der Waals surface area contributed by atoms with Crippen molar-refractivity contribution in [1.82, 2.24) is 5.32 Å². The molecule has 6 heteroatoms. The van der Waals surface area contributed by atoms with E-state index >= 15 is 0 Å². The number of hydrogen-bond acceptors (Lipinski definition) is 4. The van der Waals surface area contributed by atoms with Gasteiger partial charge >= 0.3 is 0 Å². The quantitative estimate of drug-likeness (QED) is 0.425. The predicted molar refractivity (Wildman–Crippen MR) is 133 cm³/mol. The van der Waals surface area contributed by atoms with Gasteiger partial charge in [-0.15, -0.1) is 0 Å². The highest BCUT2D eigenvalue weighted by molar-refractivity contribution is 7.80. The molecule has 1 amide bonds. The number of amides is 1. The zero-order valence-electron chi connectivity index (χ0n) is 18.3. The largest absolute Gasteiger partial charge is 0.493 e. The Hall–Kier alpha value is -3.38. The number of carbonyl (C=O) groups is 1. The van der Waals surface area contributed by atoms with Crippen LogP contribution in [0, 0.1) is 5.92 Å². The number of nitrogens with one attached hydrogen (secondary N) is 2. The van der Waals surface area contributed by atoms with Gasteiger partial charge in [-0.1, -0.05) is 50.2 Å². The van der Waals surface area contributed by atoms with Crippen LogP contribution in [0.4, 0.5) is 5.69 Å². The molecular formula is C26H28N2O3S. The molecule has 3 aromatic rings. The monoisotopic (exact) mass is 448 g/mol. The summed E-state index contributed by atoms with van der Waals surface area (Å²) in [5, 5.41) is 5.94. The van der Waals surface area contributed by atoms with E-state index in [1.165, 1.54) is 5.56 Å². The van der Waals surface area contributed by atoms with E-state index in [1.807, 2.05) is 48.5 Å². The van der Waals surface area contributed by atoms with Crippen LogP contribution in [-0.4, -0.2) is 24.2 Å². The lowest BCUT2D eigenvalue weighted by molar-refractivity contribution is 0.0977. The summed E-state index contributed by atoms with van der Waals surface area (Å²) in [4.78, 5) is 12.6. The van der Waals surface area contributed by atoms with Gasteiger partial charge < -0.3 is 14.8 Å². The fourth-order valence-electron chi connectivity index (χ4n) is 2.89. The first-order valence-corrected chi connectivity index (χ1v) is 11.0. The first-order chi connectivity index (χ1) is 15.5. The molecule has 0 radical (unpaired) electrons. The highest BCUT2D eigenvalue weighted by Gasteiger charge is 2.09. The third-order valence-corrected chi connectivity index (χ3v) is 4.73. The maximum Gasteiger partial charge on any atom is 0.257 e. The molecule has 0 fully saturated rings. The van der Waals surface area contributed by atoms with Crippen molar-refractivity contribution in [3.63, 3.8) is 0 Å². The molecule has 0 aromatic heterocycles. The van der Waals surface area contributed by atoms with E-state index in [0.717, 1.165) is 17.9 Å². The normalized spacial score (nSPS) is 10.5. The number of ether oxygens (including phenoxy) is 2.